The highest BCUT2D eigenvalue weighted by atomic mass is 19.3. The summed E-state index contributed by atoms with van der Waals surface area (Å²) in [6.45, 7) is 0. The molecule has 0 bridgehead atoms. The van der Waals surface area contributed by atoms with Gasteiger partial charge in [-0.25, -0.2) is 23.5 Å². The summed E-state index contributed by atoms with van der Waals surface area (Å²) in [4.78, 5) is 15.1. The molecule has 14 heavy (non-hydrogen) atoms. The monoisotopic (exact) mass is 213 g/mol. The third-order valence-corrected chi connectivity index (χ3v) is 1.25. The van der Waals surface area contributed by atoms with Crippen molar-refractivity contribution in [3.63, 3.8) is 0 Å². The predicted octanol–water partition coefficient (Wildman–Crippen LogP) is 1.68. The van der Waals surface area contributed by atoms with E-state index >= 15 is 0 Å². The van der Waals surface area contributed by atoms with Crippen LogP contribution < -0.4 is 0 Å². The minimum absolute atomic E-state index is 1.61. The molecule has 1 aromatic rings. The second kappa shape index (κ2) is 3.56. The maximum atomic E-state index is 12.6. The van der Waals surface area contributed by atoms with Gasteiger partial charge in [0.2, 0.25) is 11.6 Å². The van der Waals surface area contributed by atoms with E-state index in [2.05, 4.69) is 9.93 Å². The molecule has 8 heteroatoms. The zero-order valence-electron chi connectivity index (χ0n) is 6.15. The van der Waals surface area contributed by atoms with Crippen LogP contribution in [-0.2, 0) is 4.94 Å². The Morgan fingerprint density at radius 2 is 1.64 bits per heavy atom. The molecule has 0 unspecified atom stereocenters. The third kappa shape index (κ3) is 1.50. The minimum Gasteiger partial charge on any atom is -0.247 e. The Morgan fingerprint density at radius 1 is 1.07 bits per heavy atom. The molecule has 0 saturated carbocycles. The molecule has 0 fully saturated rings. The van der Waals surface area contributed by atoms with Gasteiger partial charge in [0.05, 0.1) is 0 Å². The lowest BCUT2D eigenvalue weighted by molar-refractivity contribution is -0.0798. The Bertz CT molecular complexity index is 394. The summed E-state index contributed by atoms with van der Waals surface area (Å²) in [5, 5.41) is 0. The van der Waals surface area contributed by atoms with Crippen molar-refractivity contribution in [2.75, 3.05) is 0 Å². The number of nitrogens with zero attached hydrogens (tertiary/aromatic N) is 1. The van der Waals surface area contributed by atoms with Crippen LogP contribution in [0.4, 0.5) is 22.1 Å². The Morgan fingerprint density at radius 3 is 2.14 bits per heavy atom. The number of halogens is 5. The summed E-state index contributed by atoms with van der Waals surface area (Å²) in [6, 6.07) is 0. The highest BCUT2D eigenvalue weighted by Crippen LogP contribution is 2.16. The number of carbonyl (C=O) groups is 1. The van der Waals surface area contributed by atoms with Crippen LogP contribution in [-0.4, -0.2) is 11.0 Å². The summed E-state index contributed by atoms with van der Waals surface area (Å²) in [5.74, 6) is -10.7. The molecule has 0 aliphatic carbocycles. The van der Waals surface area contributed by atoms with E-state index in [4.69, 9.17) is 0 Å². The molecule has 3 nitrogen and oxygen atoms in total. The van der Waals surface area contributed by atoms with Crippen LogP contribution in [0.2, 0.25) is 0 Å². The van der Waals surface area contributed by atoms with E-state index in [0.29, 0.717) is 0 Å². The molecule has 0 aliphatic rings. The minimum atomic E-state index is -2.27. The zero-order valence-corrected chi connectivity index (χ0v) is 6.15. The standard InChI is InChI=1S/C6F5NO2/c7-1-2(8)4(6(13)14-11)12-5(10)3(1)9. The first kappa shape index (κ1) is 10.4. The van der Waals surface area contributed by atoms with Crippen LogP contribution in [0.5, 0.6) is 0 Å². The lowest BCUT2D eigenvalue weighted by atomic mass is 10.3. The van der Waals surface area contributed by atoms with E-state index in [-0.39, 0.29) is 0 Å². The van der Waals surface area contributed by atoms with Gasteiger partial charge < -0.3 is 0 Å². The maximum Gasteiger partial charge on any atom is 0.400 e. The largest absolute Gasteiger partial charge is 0.400 e. The first-order chi connectivity index (χ1) is 6.49. The number of pyridine rings is 1. The van der Waals surface area contributed by atoms with Crippen molar-refractivity contribution in [1.82, 2.24) is 4.98 Å². The van der Waals surface area contributed by atoms with E-state index in [1.165, 1.54) is 0 Å². The summed E-state index contributed by atoms with van der Waals surface area (Å²) in [5.41, 5.74) is -1.61. The van der Waals surface area contributed by atoms with E-state index in [0.717, 1.165) is 0 Å². The summed E-state index contributed by atoms with van der Waals surface area (Å²) in [7, 11) is 0. The molecule has 0 aromatic carbocycles. The molecular formula is C6F5NO2. The average molecular weight is 213 g/mol. The van der Waals surface area contributed by atoms with Crippen LogP contribution in [0, 0.1) is 23.4 Å². The number of hydrogen-bond acceptors (Lipinski definition) is 3. The fraction of sp³-hybridized carbons (Fsp3) is 0. The summed E-state index contributed by atoms with van der Waals surface area (Å²) >= 11 is 0. The molecule has 1 heterocycles. The van der Waals surface area contributed by atoms with Gasteiger partial charge in [-0.1, -0.05) is 0 Å². The Balaban J connectivity index is 3.40. The van der Waals surface area contributed by atoms with Crippen LogP contribution in [0.15, 0.2) is 0 Å². The number of aromatic nitrogens is 1. The van der Waals surface area contributed by atoms with E-state index in [1.807, 2.05) is 0 Å². The van der Waals surface area contributed by atoms with E-state index in [1.54, 1.807) is 0 Å². The third-order valence-electron chi connectivity index (χ3n) is 1.25. The fourth-order valence-electron chi connectivity index (χ4n) is 0.659. The molecule has 1 rings (SSSR count). The smallest absolute Gasteiger partial charge is 0.247 e. The van der Waals surface area contributed by atoms with Crippen molar-refractivity contribution in [2.24, 2.45) is 0 Å². The average Bonchev–Trinajstić information content (AvgIpc) is 2.19. The fourth-order valence-corrected chi connectivity index (χ4v) is 0.659. The van der Waals surface area contributed by atoms with Crippen molar-refractivity contribution in [2.45, 2.75) is 0 Å². The normalized spacial score (nSPS) is 10.1. The molecule has 0 radical (unpaired) electrons. The Hall–Kier alpha value is -1.73. The van der Waals surface area contributed by atoms with Gasteiger partial charge in [-0.3, -0.25) is 0 Å². The number of rotatable bonds is 1. The second-order valence-corrected chi connectivity index (χ2v) is 2.06. The van der Waals surface area contributed by atoms with E-state index < -0.39 is 35.1 Å². The van der Waals surface area contributed by atoms with Gasteiger partial charge in [0, 0.05) is 4.53 Å². The molecule has 0 saturated heterocycles. The second-order valence-electron chi connectivity index (χ2n) is 2.06. The molecule has 0 amide bonds. The van der Waals surface area contributed by atoms with Gasteiger partial charge in [0.25, 0.3) is 5.95 Å². The van der Waals surface area contributed by atoms with Gasteiger partial charge in [-0.15, -0.1) is 0 Å². The van der Waals surface area contributed by atoms with Crippen molar-refractivity contribution >= 4 is 5.97 Å². The molecule has 0 N–H and O–H groups in total. The Labute approximate surface area is 73.0 Å². The summed E-state index contributed by atoms with van der Waals surface area (Å²) in [6.07, 6.45) is 0. The number of carbonyl (C=O) groups excluding carboxylic acids is 1. The molecule has 0 spiro atoms. The van der Waals surface area contributed by atoms with Crippen molar-refractivity contribution < 1.29 is 31.8 Å². The maximum absolute atomic E-state index is 12.6. The van der Waals surface area contributed by atoms with Crippen LogP contribution in [0.3, 0.4) is 0 Å². The molecule has 1 aromatic heterocycles. The lowest BCUT2D eigenvalue weighted by Crippen LogP contribution is -2.12. The van der Waals surface area contributed by atoms with Gasteiger partial charge in [0.1, 0.15) is 0 Å². The zero-order chi connectivity index (χ0) is 10.9. The Kier molecular flexibility index (Phi) is 2.63. The SMILES string of the molecule is O=C(OF)c1nc(F)c(F)c(F)c1F. The lowest BCUT2D eigenvalue weighted by Gasteiger charge is -1.99. The first-order valence-electron chi connectivity index (χ1n) is 3.02. The van der Waals surface area contributed by atoms with Crippen LogP contribution in [0.1, 0.15) is 10.5 Å². The molecule has 0 aliphatic heterocycles. The van der Waals surface area contributed by atoms with E-state index in [9.17, 15) is 26.9 Å². The highest BCUT2D eigenvalue weighted by Gasteiger charge is 2.26. The first-order valence-corrected chi connectivity index (χ1v) is 3.02. The predicted molar refractivity (Wildman–Crippen MR) is 30.6 cm³/mol. The van der Waals surface area contributed by atoms with Crippen molar-refractivity contribution in [3.8, 4) is 0 Å². The van der Waals surface area contributed by atoms with Crippen LogP contribution >= 0.6 is 0 Å². The molecule has 76 valence electrons. The van der Waals surface area contributed by atoms with Gasteiger partial charge in [-0.2, -0.15) is 8.78 Å². The van der Waals surface area contributed by atoms with Gasteiger partial charge >= 0.3 is 5.97 Å². The number of hydrogen-bond donors (Lipinski definition) is 0. The van der Waals surface area contributed by atoms with Gasteiger partial charge in [0.15, 0.2) is 11.5 Å². The van der Waals surface area contributed by atoms with Crippen molar-refractivity contribution in [1.29, 1.82) is 0 Å². The molecular weight excluding hydrogens is 213 g/mol. The van der Waals surface area contributed by atoms with Crippen molar-refractivity contribution in [3.05, 3.63) is 29.1 Å². The summed E-state index contributed by atoms with van der Waals surface area (Å²) < 4.78 is 60.7. The molecule has 0 atom stereocenters. The highest BCUT2D eigenvalue weighted by molar-refractivity contribution is 5.86. The van der Waals surface area contributed by atoms with Crippen LogP contribution in [0.25, 0.3) is 0 Å². The van der Waals surface area contributed by atoms with Gasteiger partial charge in [-0.05, 0) is 0 Å². The quantitative estimate of drug-likeness (QED) is 0.526. The topological polar surface area (TPSA) is 39.2 Å².